The highest BCUT2D eigenvalue weighted by Crippen LogP contribution is 2.40. The van der Waals surface area contributed by atoms with Crippen molar-refractivity contribution in [3.05, 3.63) is 39.2 Å². The number of halogens is 2. The number of rotatable bonds is 3. The molecule has 1 fully saturated rings. The minimum atomic E-state index is -0.253. The molecule has 1 aliphatic rings. The molecule has 1 aromatic heterocycles. The Bertz CT molecular complexity index is 877. The minimum absolute atomic E-state index is 0.147. The molecular weight excluding hydrogens is 425 g/mol. The lowest BCUT2D eigenvalue weighted by Crippen LogP contribution is -2.44. The Labute approximate surface area is 177 Å². The third kappa shape index (κ3) is 4.73. The van der Waals surface area contributed by atoms with Crippen LogP contribution in [-0.4, -0.2) is 45.1 Å². The minimum Gasteiger partial charge on any atom is -0.506 e. The quantitative estimate of drug-likeness (QED) is 0.370. The maximum atomic E-state index is 10.6. The molecule has 0 radical (unpaired) electrons. The van der Waals surface area contributed by atoms with Gasteiger partial charge in [0.1, 0.15) is 5.75 Å². The van der Waals surface area contributed by atoms with E-state index >= 15 is 0 Å². The van der Waals surface area contributed by atoms with E-state index in [1.54, 1.807) is 19.1 Å². The Morgan fingerprint density at radius 1 is 1.30 bits per heavy atom. The number of thiocarbonyl (C=S) groups is 1. The second-order valence-corrected chi connectivity index (χ2v) is 8.37. The van der Waals surface area contributed by atoms with Gasteiger partial charge < -0.3 is 15.1 Å². The molecule has 1 saturated heterocycles. The highest BCUT2D eigenvalue weighted by atomic mass is 35.5. The number of aliphatic hydroxyl groups excluding tert-OH is 1. The van der Waals surface area contributed by atoms with E-state index in [4.69, 9.17) is 35.4 Å². The Morgan fingerprint density at radius 2 is 2.00 bits per heavy atom. The van der Waals surface area contributed by atoms with Crippen molar-refractivity contribution in [3.63, 3.8) is 0 Å². The van der Waals surface area contributed by atoms with Crippen molar-refractivity contribution in [1.82, 2.24) is 10.3 Å². The topological polar surface area (TPSA) is 68.1 Å². The Kier molecular flexibility index (Phi) is 6.60. The number of nitrogens with one attached hydrogen (secondary N) is 1. The van der Waals surface area contributed by atoms with Crippen LogP contribution in [0.2, 0.25) is 10.0 Å². The van der Waals surface area contributed by atoms with Crippen molar-refractivity contribution in [2.45, 2.75) is 25.9 Å². The lowest BCUT2D eigenvalue weighted by Gasteiger charge is -2.30. The molecule has 2 heterocycles. The van der Waals surface area contributed by atoms with Crippen LogP contribution in [0.4, 0.5) is 0 Å². The first kappa shape index (κ1) is 20.4. The molecule has 0 atom stereocenters. The van der Waals surface area contributed by atoms with E-state index in [0.29, 0.717) is 57.2 Å². The number of thiophene rings is 1. The number of aromatic hydroxyl groups is 1. The number of benzene rings is 1. The van der Waals surface area contributed by atoms with E-state index in [2.05, 4.69) is 10.5 Å². The van der Waals surface area contributed by atoms with Crippen molar-refractivity contribution < 1.29 is 10.2 Å². The van der Waals surface area contributed by atoms with E-state index < -0.39 is 0 Å². The van der Waals surface area contributed by atoms with E-state index in [1.807, 2.05) is 16.3 Å². The summed E-state index contributed by atoms with van der Waals surface area (Å²) in [5.74, 6) is 0.147. The van der Waals surface area contributed by atoms with Crippen molar-refractivity contribution >= 4 is 57.6 Å². The van der Waals surface area contributed by atoms with Crippen LogP contribution in [0.3, 0.4) is 0 Å². The van der Waals surface area contributed by atoms with Crippen LogP contribution in [0.1, 0.15) is 25.3 Å². The molecule has 27 heavy (non-hydrogen) atoms. The number of nitrogens with zero attached hydrogens (tertiary/aromatic N) is 2. The monoisotopic (exact) mass is 443 g/mol. The van der Waals surface area contributed by atoms with Crippen molar-refractivity contribution in [2.75, 3.05) is 13.1 Å². The molecule has 1 aliphatic heterocycles. The summed E-state index contributed by atoms with van der Waals surface area (Å²) < 4.78 is 0. The van der Waals surface area contributed by atoms with Gasteiger partial charge >= 0.3 is 0 Å². The van der Waals surface area contributed by atoms with Gasteiger partial charge in [-0.2, -0.15) is 5.10 Å². The fourth-order valence-corrected chi connectivity index (χ4v) is 4.31. The molecule has 3 N–H and O–H groups in total. The molecule has 0 bridgehead atoms. The van der Waals surface area contributed by atoms with Gasteiger partial charge in [0.25, 0.3) is 0 Å². The molecule has 0 aliphatic carbocycles. The first-order valence-corrected chi connectivity index (χ1v) is 10.4. The van der Waals surface area contributed by atoms with E-state index in [0.717, 1.165) is 5.56 Å². The molecule has 0 amide bonds. The number of aliphatic hydroxyl groups is 1. The van der Waals surface area contributed by atoms with E-state index in [-0.39, 0.29) is 11.9 Å². The third-order valence-corrected chi connectivity index (χ3v) is 6.51. The zero-order valence-electron chi connectivity index (χ0n) is 14.6. The fraction of sp³-hybridized carbons (Fsp3) is 0.333. The fourth-order valence-electron chi connectivity index (χ4n) is 2.78. The van der Waals surface area contributed by atoms with Crippen LogP contribution in [0.5, 0.6) is 5.75 Å². The Balaban J connectivity index is 1.72. The van der Waals surface area contributed by atoms with Crippen LogP contribution in [0.25, 0.3) is 10.4 Å². The van der Waals surface area contributed by atoms with Crippen molar-refractivity contribution in [2.24, 2.45) is 5.10 Å². The predicted octanol–water partition coefficient (Wildman–Crippen LogP) is 4.48. The van der Waals surface area contributed by atoms with Crippen molar-refractivity contribution in [3.8, 4) is 16.2 Å². The summed E-state index contributed by atoms with van der Waals surface area (Å²) in [5, 5.41) is 27.8. The molecule has 0 spiro atoms. The van der Waals surface area contributed by atoms with Gasteiger partial charge in [0, 0.05) is 18.5 Å². The van der Waals surface area contributed by atoms with E-state index in [9.17, 15) is 10.2 Å². The molecule has 0 saturated carbocycles. The first-order chi connectivity index (χ1) is 12.9. The third-order valence-electron chi connectivity index (χ3n) is 4.41. The SMILES string of the molecule is C/C(=N/NC(=S)N1CCC(O)CC1)c1csc(-c2ccc(Cl)c(Cl)c2)c1O. The van der Waals surface area contributed by atoms with Gasteiger partial charge in [-0.25, -0.2) is 0 Å². The van der Waals surface area contributed by atoms with Crippen LogP contribution in [-0.2, 0) is 0 Å². The number of hydrogen-bond acceptors (Lipinski definition) is 5. The molecule has 2 aromatic rings. The second kappa shape index (κ2) is 8.75. The van der Waals surface area contributed by atoms with Crippen LogP contribution >= 0.6 is 46.8 Å². The summed E-state index contributed by atoms with van der Waals surface area (Å²) in [6, 6.07) is 5.24. The first-order valence-electron chi connectivity index (χ1n) is 8.40. The highest BCUT2D eigenvalue weighted by Gasteiger charge is 2.19. The van der Waals surface area contributed by atoms with Gasteiger partial charge in [-0.15, -0.1) is 11.3 Å². The zero-order valence-corrected chi connectivity index (χ0v) is 17.7. The normalized spacial score (nSPS) is 15.9. The number of piperidine rings is 1. The highest BCUT2D eigenvalue weighted by molar-refractivity contribution is 7.80. The largest absolute Gasteiger partial charge is 0.506 e. The average Bonchev–Trinajstić information content (AvgIpc) is 3.04. The molecule has 144 valence electrons. The number of hydrazone groups is 1. The molecular formula is C18H19Cl2N3O2S2. The van der Waals surface area contributed by atoms with Gasteiger partial charge in [0.05, 0.1) is 32.3 Å². The lowest BCUT2D eigenvalue weighted by atomic mass is 10.1. The molecule has 9 heteroatoms. The molecule has 3 rings (SSSR count). The average molecular weight is 444 g/mol. The smallest absolute Gasteiger partial charge is 0.189 e. The van der Waals surface area contributed by atoms with Gasteiger partial charge in [0.2, 0.25) is 0 Å². The van der Waals surface area contributed by atoms with Crippen LogP contribution in [0.15, 0.2) is 28.7 Å². The standard InChI is InChI=1S/C18H19Cl2N3O2S2/c1-10(21-22-18(26)23-6-4-12(24)5-7-23)13-9-27-17(16(13)25)11-2-3-14(19)15(20)8-11/h2-3,8-9,12,24-25H,4-7H2,1H3,(H,22,26)/b21-10-. The Morgan fingerprint density at radius 3 is 2.67 bits per heavy atom. The maximum Gasteiger partial charge on any atom is 0.189 e. The lowest BCUT2D eigenvalue weighted by molar-refractivity contribution is 0.109. The number of likely N-dealkylation sites (tertiary alicyclic amines) is 1. The summed E-state index contributed by atoms with van der Waals surface area (Å²) in [7, 11) is 0. The molecule has 1 aromatic carbocycles. The predicted molar refractivity (Wildman–Crippen MR) is 116 cm³/mol. The van der Waals surface area contributed by atoms with Crippen molar-refractivity contribution in [1.29, 1.82) is 0 Å². The second-order valence-electron chi connectivity index (χ2n) is 6.29. The summed E-state index contributed by atoms with van der Waals surface area (Å²) in [6.45, 7) is 3.20. The van der Waals surface area contributed by atoms with Gasteiger partial charge in [-0.05, 0) is 49.7 Å². The van der Waals surface area contributed by atoms with Crippen LogP contribution in [0, 0.1) is 0 Å². The summed E-state index contributed by atoms with van der Waals surface area (Å²) in [6.07, 6.45) is 1.14. The van der Waals surface area contributed by atoms with Gasteiger partial charge in [0.15, 0.2) is 5.11 Å². The molecule has 5 nitrogen and oxygen atoms in total. The summed E-state index contributed by atoms with van der Waals surface area (Å²) in [4.78, 5) is 2.68. The van der Waals surface area contributed by atoms with Gasteiger partial charge in [-0.1, -0.05) is 29.3 Å². The summed E-state index contributed by atoms with van der Waals surface area (Å²) >= 11 is 18.8. The Hall–Kier alpha value is -1.38. The maximum absolute atomic E-state index is 10.6. The van der Waals surface area contributed by atoms with Gasteiger partial charge in [-0.3, -0.25) is 5.43 Å². The molecule has 0 unspecified atom stereocenters. The van der Waals surface area contributed by atoms with Crippen LogP contribution < -0.4 is 5.43 Å². The summed E-state index contributed by atoms with van der Waals surface area (Å²) in [5.41, 5.74) is 4.92. The zero-order chi connectivity index (χ0) is 19.6. The number of hydrogen-bond donors (Lipinski definition) is 3. The van der Waals surface area contributed by atoms with E-state index in [1.165, 1.54) is 11.3 Å².